The number of carboxylic acids is 1. The average Bonchev–Trinajstić information content (AvgIpc) is 2.24. The number of carbonyl (C=O) groups excluding carboxylic acids is 1. The number of carbonyl (C=O) groups is 2. The molecule has 2 unspecified atom stereocenters. The van der Waals surface area contributed by atoms with E-state index in [1.54, 1.807) is 24.3 Å². The van der Waals surface area contributed by atoms with Crippen LogP contribution in [0.3, 0.4) is 0 Å². The van der Waals surface area contributed by atoms with Crippen LogP contribution in [0.1, 0.15) is 23.2 Å². The molecule has 0 spiro atoms. The van der Waals surface area contributed by atoms with Crippen LogP contribution in [0, 0.1) is 5.92 Å². The van der Waals surface area contributed by atoms with Crippen LogP contribution in [-0.2, 0) is 4.79 Å². The van der Waals surface area contributed by atoms with E-state index in [4.69, 9.17) is 10.8 Å². The Balaban J connectivity index is 2.00. The Morgan fingerprint density at radius 1 is 1.24 bits per heavy atom. The summed E-state index contributed by atoms with van der Waals surface area (Å²) in [6, 6.07) is 6.69. The van der Waals surface area contributed by atoms with Crippen molar-refractivity contribution in [1.29, 1.82) is 0 Å². The zero-order valence-corrected chi connectivity index (χ0v) is 9.22. The Hall–Kier alpha value is -2.04. The Bertz CT molecular complexity index is 442. The number of benzene rings is 1. The molecular formula is C12H14N2O3. The molecule has 0 aromatic heterocycles. The highest BCUT2D eigenvalue weighted by molar-refractivity contribution is 5.93. The lowest BCUT2D eigenvalue weighted by Gasteiger charge is -2.34. The minimum atomic E-state index is -0.762. The van der Waals surface area contributed by atoms with Crippen LogP contribution in [0.2, 0.25) is 0 Å². The summed E-state index contributed by atoms with van der Waals surface area (Å²) >= 11 is 0. The molecule has 1 saturated carbocycles. The molecule has 1 fully saturated rings. The normalized spacial score (nSPS) is 22.6. The summed E-state index contributed by atoms with van der Waals surface area (Å²) in [5, 5.41) is 12.0. The van der Waals surface area contributed by atoms with E-state index in [9.17, 15) is 9.59 Å². The zero-order valence-electron chi connectivity index (χ0n) is 9.22. The summed E-state index contributed by atoms with van der Waals surface area (Å²) in [6.45, 7) is 0. The van der Waals surface area contributed by atoms with E-state index in [0.717, 1.165) is 12.1 Å². The predicted molar refractivity (Wildman–Crippen MR) is 62.7 cm³/mol. The smallest absolute Gasteiger partial charge is 0.308 e. The number of amides is 1. The van der Waals surface area contributed by atoms with Crippen LogP contribution in [0.15, 0.2) is 24.3 Å². The van der Waals surface area contributed by atoms with Gasteiger partial charge in [-0.05, 0) is 37.1 Å². The number of carboxylic acid groups (broad SMARTS) is 1. The van der Waals surface area contributed by atoms with Gasteiger partial charge in [0.25, 0.3) is 0 Å². The highest BCUT2D eigenvalue weighted by Crippen LogP contribution is 2.30. The van der Waals surface area contributed by atoms with E-state index in [2.05, 4.69) is 5.32 Å². The molecule has 5 heteroatoms. The van der Waals surface area contributed by atoms with Crippen molar-refractivity contribution in [1.82, 2.24) is 0 Å². The van der Waals surface area contributed by atoms with E-state index < -0.39 is 11.9 Å². The number of nitrogens with one attached hydrogen (secondary N) is 1. The van der Waals surface area contributed by atoms with Gasteiger partial charge in [0.15, 0.2) is 0 Å². The van der Waals surface area contributed by atoms with Gasteiger partial charge in [-0.2, -0.15) is 0 Å². The molecule has 0 bridgehead atoms. The summed E-state index contributed by atoms with van der Waals surface area (Å²) in [5.41, 5.74) is 6.38. The second-order valence-electron chi connectivity index (χ2n) is 4.21. The van der Waals surface area contributed by atoms with Crippen molar-refractivity contribution >= 4 is 17.6 Å². The van der Waals surface area contributed by atoms with Crippen molar-refractivity contribution < 1.29 is 14.7 Å². The molecule has 5 nitrogen and oxygen atoms in total. The molecule has 0 radical (unpaired) electrons. The topological polar surface area (TPSA) is 92.4 Å². The second-order valence-corrected chi connectivity index (χ2v) is 4.21. The van der Waals surface area contributed by atoms with Crippen LogP contribution in [0.4, 0.5) is 5.69 Å². The maximum Gasteiger partial charge on any atom is 0.308 e. The molecule has 4 N–H and O–H groups in total. The van der Waals surface area contributed by atoms with E-state index in [1.807, 2.05) is 0 Å². The molecule has 1 aliphatic rings. The van der Waals surface area contributed by atoms with Crippen LogP contribution < -0.4 is 11.1 Å². The van der Waals surface area contributed by atoms with Gasteiger partial charge in [-0.3, -0.25) is 9.59 Å². The first kappa shape index (κ1) is 11.4. The highest BCUT2D eigenvalue weighted by Gasteiger charge is 2.36. The Kier molecular flexibility index (Phi) is 2.99. The van der Waals surface area contributed by atoms with Gasteiger partial charge in [0.05, 0.1) is 5.92 Å². The van der Waals surface area contributed by atoms with Gasteiger partial charge in [0, 0.05) is 17.3 Å². The standard InChI is InChI=1S/C12H14N2O3/c13-11(15)7-1-3-8(4-2-7)14-10-6-5-9(10)12(16)17/h1-4,9-10,14H,5-6H2,(H2,13,15)(H,16,17). The maximum atomic E-state index is 10.9. The summed E-state index contributed by atoms with van der Waals surface area (Å²) in [6.07, 6.45) is 1.57. The first-order chi connectivity index (χ1) is 8.08. The molecule has 1 aromatic carbocycles. The fraction of sp³-hybridized carbons (Fsp3) is 0.333. The highest BCUT2D eigenvalue weighted by atomic mass is 16.4. The molecule has 0 heterocycles. The van der Waals surface area contributed by atoms with Crippen molar-refractivity contribution in [2.45, 2.75) is 18.9 Å². The Labute approximate surface area is 98.6 Å². The van der Waals surface area contributed by atoms with Gasteiger partial charge >= 0.3 is 5.97 Å². The van der Waals surface area contributed by atoms with Crippen LogP contribution >= 0.6 is 0 Å². The molecule has 17 heavy (non-hydrogen) atoms. The number of anilines is 1. The van der Waals surface area contributed by atoms with Crippen molar-refractivity contribution in [2.75, 3.05) is 5.32 Å². The third kappa shape index (κ3) is 2.38. The Morgan fingerprint density at radius 2 is 1.88 bits per heavy atom. The van der Waals surface area contributed by atoms with E-state index in [1.165, 1.54) is 0 Å². The summed E-state index contributed by atoms with van der Waals surface area (Å²) in [4.78, 5) is 21.7. The van der Waals surface area contributed by atoms with E-state index in [-0.39, 0.29) is 12.0 Å². The fourth-order valence-corrected chi connectivity index (χ4v) is 1.91. The van der Waals surface area contributed by atoms with Gasteiger partial charge in [-0.1, -0.05) is 0 Å². The first-order valence-electron chi connectivity index (χ1n) is 5.47. The number of hydrogen-bond acceptors (Lipinski definition) is 3. The summed E-state index contributed by atoms with van der Waals surface area (Å²) in [5.74, 6) is -1.54. The molecule has 90 valence electrons. The van der Waals surface area contributed by atoms with Crippen LogP contribution in [0.5, 0.6) is 0 Å². The monoisotopic (exact) mass is 234 g/mol. The number of primary amides is 1. The lowest BCUT2D eigenvalue weighted by Crippen LogP contribution is -2.42. The van der Waals surface area contributed by atoms with Crippen molar-refractivity contribution in [3.05, 3.63) is 29.8 Å². The van der Waals surface area contributed by atoms with Gasteiger partial charge in [-0.15, -0.1) is 0 Å². The van der Waals surface area contributed by atoms with Gasteiger partial charge in [0.2, 0.25) is 5.91 Å². The summed E-state index contributed by atoms with van der Waals surface area (Å²) < 4.78 is 0. The second kappa shape index (κ2) is 4.45. The number of nitrogens with two attached hydrogens (primary N) is 1. The minimum Gasteiger partial charge on any atom is -0.481 e. The molecule has 0 saturated heterocycles. The largest absolute Gasteiger partial charge is 0.481 e. The molecule has 1 aromatic rings. The predicted octanol–water partition coefficient (Wildman–Crippen LogP) is 1.06. The SMILES string of the molecule is NC(=O)c1ccc(NC2CCC2C(=O)O)cc1. The lowest BCUT2D eigenvalue weighted by atomic mass is 9.79. The Morgan fingerprint density at radius 3 is 2.29 bits per heavy atom. The molecule has 2 atom stereocenters. The van der Waals surface area contributed by atoms with Crippen molar-refractivity contribution in [3.63, 3.8) is 0 Å². The third-order valence-corrected chi connectivity index (χ3v) is 3.11. The zero-order chi connectivity index (χ0) is 12.4. The van der Waals surface area contributed by atoms with Crippen molar-refractivity contribution in [2.24, 2.45) is 11.7 Å². The maximum absolute atomic E-state index is 10.9. The van der Waals surface area contributed by atoms with Gasteiger partial charge in [0.1, 0.15) is 0 Å². The van der Waals surface area contributed by atoms with Crippen LogP contribution in [0.25, 0.3) is 0 Å². The number of hydrogen-bond donors (Lipinski definition) is 3. The summed E-state index contributed by atoms with van der Waals surface area (Å²) in [7, 11) is 0. The molecule has 2 rings (SSSR count). The molecule has 1 aliphatic carbocycles. The van der Waals surface area contributed by atoms with Gasteiger partial charge < -0.3 is 16.2 Å². The minimum absolute atomic E-state index is 0.0214. The lowest BCUT2D eigenvalue weighted by molar-refractivity contribution is -0.144. The fourth-order valence-electron chi connectivity index (χ4n) is 1.91. The van der Waals surface area contributed by atoms with E-state index >= 15 is 0 Å². The quantitative estimate of drug-likeness (QED) is 0.726. The molecule has 0 aliphatic heterocycles. The van der Waals surface area contributed by atoms with Crippen molar-refractivity contribution in [3.8, 4) is 0 Å². The molecule has 1 amide bonds. The number of rotatable bonds is 4. The first-order valence-corrected chi connectivity index (χ1v) is 5.47. The number of aliphatic carboxylic acids is 1. The third-order valence-electron chi connectivity index (χ3n) is 3.11. The average molecular weight is 234 g/mol. The van der Waals surface area contributed by atoms with E-state index in [0.29, 0.717) is 12.0 Å². The van der Waals surface area contributed by atoms with Gasteiger partial charge in [-0.25, -0.2) is 0 Å². The molecular weight excluding hydrogens is 220 g/mol. The van der Waals surface area contributed by atoms with Crippen LogP contribution in [-0.4, -0.2) is 23.0 Å².